The van der Waals surface area contributed by atoms with E-state index in [1.165, 1.54) is 30.0 Å². The Morgan fingerprint density at radius 1 is 1.48 bits per heavy atom. The van der Waals surface area contributed by atoms with Gasteiger partial charge >= 0.3 is 0 Å². The highest BCUT2D eigenvalue weighted by Crippen LogP contribution is 2.30. The molecular weight excluding hydrogens is 292 g/mol. The lowest BCUT2D eigenvalue weighted by Crippen LogP contribution is -2.27. The van der Waals surface area contributed by atoms with Crippen LogP contribution in [-0.4, -0.2) is 31.5 Å². The van der Waals surface area contributed by atoms with Crippen LogP contribution in [-0.2, 0) is 13.0 Å². The molecule has 1 fully saturated rings. The largest absolute Gasteiger partial charge is 0.379 e. The second-order valence-electron chi connectivity index (χ2n) is 5.26. The van der Waals surface area contributed by atoms with Crippen molar-refractivity contribution in [1.82, 2.24) is 25.0 Å². The molecule has 2 heterocycles. The van der Waals surface area contributed by atoms with Gasteiger partial charge in [0.2, 0.25) is 0 Å². The van der Waals surface area contributed by atoms with Crippen LogP contribution in [0.5, 0.6) is 0 Å². The molecule has 0 atom stereocenters. The Bertz CT molecular complexity index is 649. The molecule has 1 aliphatic rings. The number of hydrogen-bond donors (Lipinski definition) is 2. The van der Waals surface area contributed by atoms with Gasteiger partial charge in [-0.05, 0) is 25.2 Å². The second-order valence-corrected chi connectivity index (χ2v) is 5.67. The number of hydrogen-bond acceptors (Lipinski definition) is 5. The van der Waals surface area contributed by atoms with Gasteiger partial charge in [-0.15, -0.1) is 0 Å². The highest BCUT2D eigenvalue weighted by atomic mass is 35.5. The van der Waals surface area contributed by atoms with E-state index in [1.54, 1.807) is 0 Å². The summed E-state index contributed by atoms with van der Waals surface area (Å²) in [7, 11) is 0. The summed E-state index contributed by atoms with van der Waals surface area (Å²) < 4.78 is 1.50. The summed E-state index contributed by atoms with van der Waals surface area (Å²) in [5, 5.41) is 14.2. The van der Waals surface area contributed by atoms with Crippen LogP contribution in [0.2, 0.25) is 5.02 Å². The number of nitrogens with one attached hydrogen (secondary N) is 2. The van der Waals surface area contributed by atoms with Crippen LogP contribution in [0.1, 0.15) is 25.1 Å². The molecule has 112 valence electrons. The van der Waals surface area contributed by atoms with Gasteiger partial charge in [0.1, 0.15) is 17.8 Å². The van der Waals surface area contributed by atoms with Crippen molar-refractivity contribution in [1.29, 1.82) is 0 Å². The third kappa shape index (κ3) is 3.60. The predicted molar refractivity (Wildman–Crippen MR) is 79.4 cm³/mol. The molecule has 1 saturated carbocycles. The van der Waals surface area contributed by atoms with Crippen LogP contribution in [0.25, 0.3) is 0 Å². The van der Waals surface area contributed by atoms with Crippen molar-refractivity contribution < 1.29 is 0 Å². The van der Waals surface area contributed by atoms with Gasteiger partial charge in [0.15, 0.2) is 0 Å². The minimum absolute atomic E-state index is 0.144. The van der Waals surface area contributed by atoms with Gasteiger partial charge in [0, 0.05) is 19.5 Å². The molecule has 1 aliphatic carbocycles. The van der Waals surface area contributed by atoms with Gasteiger partial charge < -0.3 is 5.32 Å². The summed E-state index contributed by atoms with van der Waals surface area (Å²) >= 11 is 6.07. The Balaban J connectivity index is 1.59. The van der Waals surface area contributed by atoms with E-state index < -0.39 is 0 Å². The van der Waals surface area contributed by atoms with Crippen molar-refractivity contribution in [2.45, 2.75) is 32.2 Å². The summed E-state index contributed by atoms with van der Waals surface area (Å²) in [6.45, 7) is 1.33. The Morgan fingerprint density at radius 3 is 3.05 bits per heavy atom. The fourth-order valence-electron chi connectivity index (χ4n) is 2.12. The molecule has 0 spiro atoms. The molecular formula is C13H17ClN6O. The first-order valence-electron chi connectivity index (χ1n) is 7.08. The number of H-pyrrole nitrogens is 1. The summed E-state index contributed by atoms with van der Waals surface area (Å²) in [6, 6.07) is 0. The number of rotatable bonds is 7. The van der Waals surface area contributed by atoms with E-state index >= 15 is 0 Å². The maximum atomic E-state index is 12.3. The summed E-state index contributed by atoms with van der Waals surface area (Å²) in [5.74, 6) is 1.43. The van der Waals surface area contributed by atoms with Crippen molar-refractivity contribution in [2.75, 3.05) is 11.9 Å². The predicted octanol–water partition coefficient (Wildman–Crippen LogP) is 1.47. The lowest BCUT2D eigenvalue weighted by molar-refractivity contribution is 0.534. The monoisotopic (exact) mass is 308 g/mol. The van der Waals surface area contributed by atoms with E-state index in [1.807, 2.05) is 0 Å². The van der Waals surface area contributed by atoms with Crippen molar-refractivity contribution in [2.24, 2.45) is 5.92 Å². The van der Waals surface area contributed by atoms with Crippen LogP contribution in [0.4, 0.5) is 5.69 Å². The lowest BCUT2D eigenvalue weighted by Gasteiger charge is -2.10. The normalized spacial score (nSPS) is 14.3. The van der Waals surface area contributed by atoms with Crippen LogP contribution in [0.15, 0.2) is 17.3 Å². The van der Waals surface area contributed by atoms with Gasteiger partial charge in [-0.3, -0.25) is 9.89 Å². The van der Waals surface area contributed by atoms with Crippen molar-refractivity contribution >= 4 is 17.3 Å². The maximum absolute atomic E-state index is 12.3. The van der Waals surface area contributed by atoms with E-state index in [9.17, 15) is 4.79 Å². The number of nitrogens with zero attached hydrogens (tertiary/aromatic N) is 4. The molecule has 2 aromatic rings. The quantitative estimate of drug-likeness (QED) is 0.756. The maximum Gasteiger partial charge on any atom is 0.291 e. The number of halogens is 1. The minimum atomic E-state index is -0.144. The Labute approximate surface area is 126 Å². The molecule has 7 nitrogen and oxygen atoms in total. The van der Waals surface area contributed by atoms with Gasteiger partial charge in [0.05, 0.1) is 11.2 Å². The molecule has 0 amide bonds. The van der Waals surface area contributed by atoms with E-state index in [0.29, 0.717) is 29.7 Å². The number of aryl methyl sites for hydroxylation is 1. The standard InChI is InChI=1S/C13H17ClN6O/c14-10-6-18-20(7-9-3-4-9)13(21)12(10)15-5-1-2-11-16-8-17-19-11/h6,8-9,15H,1-5,7H2,(H,16,17,19). The topological polar surface area (TPSA) is 88.5 Å². The average Bonchev–Trinajstić information content (AvgIpc) is 3.14. The van der Waals surface area contributed by atoms with Crippen LogP contribution in [0, 0.1) is 5.92 Å². The number of anilines is 1. The Kier molecular flexibility index (Phi) is 4.19. The number of aromatic amines is 1. The SMILES string of the molecule is O=c1c(NCCCc2ncn[nH]2)c(Cl)cnn1CC1CC1. The first-order valence-corrected chi connectivity index (χ1v) is 7.45. The fourth-order valence-corrected chi connectivity index (χ4v) is 2.32. The molecule has 2 aromatic heterocycles. The van der Waals surface area contributed by atoms with E-state index in [0.717, 1.165) is 18.7 Å². The molecule has 0 aliphatic heterocycles. The van der Waals surface area contributed by atoms with Crippen LogP contribution >= 0.6 is 11.6 Å². The first-order chi connectivity index (χ1) is 10.2. The highest BCUT2D eigenvalue weighted by molar-refractivity contribution is 6.32. The summed E-state index contributed by atoms with van der Waals surface area (Å²) in [4.78, 5) is 16.4. The van der Waals surface area contributed by atoms with Gasteiger partial charge in [-0.2, -0.15) is 10.2 Å². The molecule has 0 bridgehead atoms. The van der Waals surface area contributed by atoms with E-state index in [-0.39, 0.29) is 5.56 Å². The number of aromatic nitrogens is 5. The molecule has 21 heavy (non-hydrogen) atoms. The van der Waals surface area contributed by atoms with Crippen molar-refractivity contribution in [3.8, 4) is 0 Å². The molecule has 3 rings (SSSR count). The van der Waals surface area contributed by atoms with Gasteiger partial charge in [-0.1, -0.05) is 11.6 Å². The van der Waals surface area contributed by atoms with E-state index in [2.05, 4.69) is 25.6 Å². The van der Waals surface area contributed by atoms with Crippen molar-refractivity contribution in [3.05, 3.63) is 33.7 Å². The highest BCUT2D eigenvalue weighted by Gasteiger charge is 2.23. The van der Waals surface area contributed by atoms with Crippen LogP contribution < -0.4 is 10.9 Å². The molecule has 0 radical (unpaired) electrons. The summed E-state index contributed by atoms with van der Waals surface area (Å²) in [5.41, 5.74) is 0.291. The average molecular weight is 309 g/mol. The Morgan fingerprint density at radius 2 is 2.33 bits per heavy atom. The molecule has 0 aromatic carbocycles. The van der Waals surface area contributed by atoms with E-state index in [4.69, 9.17) is 11.6 Å². The zero-order valence-corrected chi connectivity index (χ0v) is 12.3. The van der Waals surface area contributed by atoms with Crippen molar-refractivity contribution in [3.63, 3.8) is 0 Å². The zero-order valence-electron chi connectivity index (χ0n) is 11.5. The lowest BCUT2D eigenvalue weighted by atomic mass is 10.3. The smallest absolute Gasteiger partial charge is 0.291 e. The molecule has 0 saturated heterocycles. The first kappa shape index (κ1) is 14.1. The third-order valence-corrected chi connectivity index (χ3v) is 3.77. The molecule has 8 heteroatoms. The summed E-state index contributed by atoms with van der Waals surface area (Å²) in [6.07, 6.45) is 6.97. The van der Waals surface area contributed by atoms with Crippen LogP contribution in [0.3, 0.4) is 0 Å². The molecule has 2 N–H and O–H groups in total. The Hall–Kier alpha value is -1.89. The van der Waals surface area contributed by atoms with Gasteiger partial charge in [0.25, 0.3) is 5.56 Å². The van der Waals surface area contributed by atoms with Gasteiger partial charge in [-0.25, -0.2) is 9.67 Å². The molecule has 0 unspecified atom stereocenters. The fraction of sp³-hybridized carbons (Fsp3) is 0.538. The second kappa shape index (κ2) is 6.26. The minimum Gasteiger partial charge on any atom is -0.379 e. The third-order valence-electron chi connectivity index (χ3n) is 3.48. The zero-order chi connectivity index (χ0) is 14.7.